The van der Waals surface area contributed by atoms with Gasteiger partial charge in [-0.25, -0.2) is 0 Å². The Hall–Kier alpha value is 2.10. The van der Waals surface area contributed by atoms with Gasteiger partial charge in [0.1, 0.15) is 0 Å². The molecule has 0 nitrogen and oxygen atoms in total. The molecule has 240 valence electrons. The Bertz CT molecular complexity index is 578. The lowest BCUT2D eigenvalue weighted by molar-refractivity contribution is 0.419. The fourth-order valence-corrected chi connectivity index (χ4v) is 11.1. The summed E-state index contributed by atoms with van der Waals surface area (Å²) in [6, 6.07) is 0. The van der Waals surface area contributed by atoms with E-state index in [1.807, 2.05) is 11.8 Å². The molecule has 0 aliphatic carbocycles. The molecule has 0 aromatic heterocycles. The van der Waals surface area contributed by atoms with Crippen molar-refractivity contribution in [2.24, 2.45) is 29.6 Å². The fourth-order valence-electron chi connectivity index (χ4n) is 4.49. The van der Waals surface area contributed by atoms with Gasteiger partial charge < -0.3 is 0 Å². The van der Waals surface area contributed by atoms with Crippen LogP contribution in [0.15, 0.2) is 0 Å². The van der Waals surface area contributed by atoms with E-state index in [1.165, 1.54) is 72.4 Å². The van der Waals surface area contributed by atoms with Gasteiger partial charge in [0, 0.05) is 25.2 Å². The molecular formula is C34H68S6. The zero-order chi connectivity index (χ0) is 30.3. The third-order valence-corrected chi connectivity index (χ3v) is 17.8. The van der Waals surface area contributed by atoms with E-state index in [4.69, 9.17) is 0 Å². The second-order valence-electron chi connectivity index (χ2n) is 14.2. The van der Waals surface area contributed by atoms with Crippen LogP contribution in [0.4, 0.5) is 0 Å². The van der Waals surface area contributed by atoms with E-state index in [9.17, 15) is 0 Å². The van der Waals surface area contributed by atoms with Crippen LogP contribution in [0.2, 0.25) is 0 Å². The van der Waals surface area contributed by atoms with E-state index in [-0.39, 0.29) is 0 Å². The standard InChI is InChI=1S/2C7H14S.2C6H12S.2C4H8S/c1-4-6-5-8-7(6,2)3;1-4-6-5-7(2,3)8-6;1-5(2)6-3-7-4-6;1-5(2)6-3-4-7-6;1-4-2-5-3-4;1-4-2-3-5-4/h2*6H,4-5H2,1-3H3;2*5-6H,3-4H2,1-2H3;2*4H,2-3H2,1H3. The summed E-state index contributed by atoms with van der Waals surface area (Å²) in [5.74, 6) is 14.8. The Morgan fingerprint density at radius 3 is 1.23 bits per heavy atom. The average molecular weight is 669 g/mol. The lowest BCUT2D eigenvalue weighted by Crippen LogP contribution is -2.39. The minimum absolute atomic E-state index is 0.606. The summed E-state index contributed by atoms with van der Waals surface area (Å²) in [6.45, 7) is 27.7. The summed E-state index contributed by atoms with van der Waals surface area (Å²) in [7, 11) is 0. The molecule has 40 heavy (non-hydrogen) atoms. The second-order valence-corrected chi connectivity index (χ2v) is 23.0. The van der Waals surface area contributed by atoms with E-state index in [0.29, 0.717) is 9.49 Å². The number of hydrogen-bond donors (Lipinski definition) is 0. The minimum Gasteiger partial charge on any atom is -0.161 e. The Balaban J connectivity index is 0.000000242. The molecule has 4 atom stereocenters. The lowest BCUT2D eigenvalue weighted by atomic mass is 9.93. The maximum absolute atomic E-state index is 2.34. The van der Waals surface area contributed by atoms with Gasteiger partial charge in [-0.1, -0.05) is 89.5 Å². The van der Waals surface area contributed by atoms with Crippen molar-refractivity contribution in [3.63, 3.8) is 0 Å². The molecule has 6 aliphatic heterocycles. The molecule has 6 fully saturated rings. The van der Waals surface area contributed by atoms with Gasteiger partial charge in [-0.3, -0.25) is 0 Å². The van der Waals surface area contributed by atoms with Crippen LogP contribution in [0.1, 0.15) is 115 Å². The number of hydrogen-bond acceptors (Lipinski definition) is 6. The molecular weight excluding hydrogens is 601 g/mol. The highest BCUT2D eigenvalue weighted by molar-refractivity contribution is 8.02. The summed E-state index contributed by atoms with van der Waals surface area (Å²) in [5, 5.41) is 2.96. The maximum Gasteiger partial charge on any atom is 0.0139 e. The van der Waals surface area contributed by atoms with Crippen LogP contribution in [0, 0.1) is 29.6 Å². The molecule has 0 amide bonds. The minimum atomic E-state index is 0.606. The van der Waals surface area contributed by atoms with Crippen molar-refractivity contribution in [3.05, 3.63) is 0 Å². The third-order valence-electron chi connectivity index (χ3n) is 8.61. The van der Waals surface area contributed by atoms with Crippen LogP contribution in [0.3, 0.4) is 0 Å². The van der Waals surface area contributed by atoms with Gasteiger partial charge in [0.2, 0.25) is 0 Å². The number of rotatable bonds is 4. The van der Waals surface area contributed by atoms with Gasteiger partial charge in [-0.15, -0.1) is 0 Å². The topological polar surface area (TPSA) is 0 Å². The van der Waals surface area contributed by atoms with Crippen molar-refractivity contribution in [3.8, 4) is 0 Å². The van der Waals surface area contributed by atoms with Crippen LogP contribution in [-0.2, 0) is 0 Å². The summed E-state index contributed by atoms with van der Waals surface area (Å²) in [4.78, 5) is 0. The van der Waals surface area contributed by atoms with E-state index in [1.54, 1.807) is 0 Å². The maximum atomic E-state index is 2.34. The number of thioether (sulfide) groups is 6. The fraction of sp³-hybridized carbons (Fsp3) is 1.00. The SMILES string of the molecule is CC(C)C1CCS1.CC(C)C1CSC1.CC1CCS1.CC1CSC1.CCC1CC(C)(C)S1.CCC1CSC1(C)C. The molecule has 6 saturated heterocycles. The van der Waals surface area contributed by atoms with E-state index in [2.05, 4.69) is 142 Å². The Morgan fingerprint density at radius 1 is 0.725 bits per heavy atom. The third kappa shape index (κ3) is 17.0. The van der Waals surface area contributed by atoms with E-state index >= 15 is 0 Å². The Kier molecular flexibility index (Phi) is 21.1. The second kappa shape index (κ2) is 21.0. The molecule has 0 saturated carbocycles. The van der Waals surface area contributed by atoms with Crippen LogP contribution >= 0.6 is 70.6 Å². The molecule has 4 unspecified atom stereocenters. The van der Waals surface area contributed by atoms with Crippen molar-refractivity contribution in [1.82, 2.24) is 0 Å². The van der Waals surface area contributed by atoms with Crippen molar-refractivity contribution in [2.45, 2.75) is 140 Å². The monoisotopic (exact) mass is 668 g/mol. The molecule has 0 aromatic rings. The summed E-state index contributed by atoms with van der Waals surface area (Å²) < 4.78 is 1.22. The van der Waals surface area contributed by atoms with Crippen LogP contribution in [0.25, 0.3) is 0 Å². The zero-order valence-corrected chi connectivity index (χ0v) is 33.5. The summed E-state index contributed by atoms with van der Waals surface area (Å²) >= 11 is 12.5. The van der Waals surface area contributed by atoms with Gasteiger partial charge in [0.25, 0.3) is 0 Å². The quantitative estimate of drug-likeness (QED) is 0.290. The molecule has 6 heteroatoms. The van der Waals surface area contributed by atoms with Crippen molar-refractivity contribution < 1.29 is 0 Å². The van der Waals surface area contributed by atoms with Gasteiger partial charge in [-0.05, 0) is 95.5 Å². The normalized spacial score (nSPS) is 30.8. The highest BCUT2D eigenvalue weighted by Crippen LogP contribution is 2.47. The van der Waals surface area contributed by atoms with Gasteiger partial charge in [0.05, 0.1) is 0 Å². The first-order valence-electron chi connectivity index (χ1n) is 16.4. The van der Waals surface area contributed by atoms with Crippen molar-refractivity contribution >= 4 is 70.6 Å². The molecule has 6 rings (SSSR count). The van der Waals surface area contributed by atoms with Crippen LogP contribution < -0.4 is 0 Å². The van der Waals surface area contributed by atoms with Gasteiger partial charge in [-0.2, -0.15) is 70.6 Å². The molecule has 0 spiro atoms. The van der Waals surface area contributed by atoms with Gasteiger partial charge in [0.15, 0.2) is 0 Å². The van der Waals surface area contributed by atoms with Crippen molar-refractivity contribution in [2.75, 3.05) is 40.3 Å². The molecule has 6 heterocycles. The highest BCUT2D eigenvalue weighted by atomic mass is 32.2. The van der Waals surface area contributed by atoms with E-state index in [0.717, 1.165) is 45.3 Å². The molecule has 0 bridgehead atoms. The molecule has 0 N–H and O–H groups in total. The molecule has 0 aromatic carbocycles. The Labute approximate surface area is 279 Å². The first-order chi connectivity index (χ1) is 18.7. The van der Waals surface area contributed by atoms with Crippen molar-refractivity contribution in [1.29, 1.82) is 0 Å². The summed E-state index contributed by atoms with van der Waals surface area (Å²) in [6.07, 6.45) is 7.05. The van der Waals surface area contributed by atoms with E-state index < -0.39 is 0 Å². The first-order valence-corrected chi connectivity index (χ1v) is 22.7. The molecule has 0 radical (unpaired) electrons. The van der Waals surface area contributed by atoms with Crippen LogP contribution in [0.5, 0.6) is 0 Å². The smallest absolute Gasteiger partial charge is 0.0139 e. The predicted molar refractivity (Wildman–Crippen MR) is 205 cm³/mol. The largest absolute Gasteiger partial charge is 0.161 e. The Morgan fingerprint density at radius 2 is 1.20 bits per heavy atom. The zero-order valence-electron chi connectivity index (χ0n) is 28.6. The van der Waals surface area contributed by atoms with Gasteiger partial charge >= 0.3 is 0 Å². The first kappa shape index (κ1) is 40.1. The summed E-state index contributed by atoms with van der Waals surface area (Å²) in [5.41, 5.74) is 0. The average Bonchev–Trinajstić information content (AvgIpc) is 2.73. The predicted octanol–water partition coefficient (Wildman–Crippen LogP) is 12.3. The lowest BCUT2D eigenvalue weighted by Gasteiger charge is -2.43. The van der Waals surface area contributed by atoms with Crippen LogP contribution in [-0.4, -0.2) is 65.5 Å². The highest BCUT2D eigenvalue weighted by Gasteiger charge is 2.37. The molecule has 6 aliphatic rings.